The molecule has 138 valence electrons. The van der Waals surface area contributed by atoms with E-state index < -0.39 is 0 Å². The number of fused-ring (bicyclic) bond motifs is 1. The van der Waals surface area contributed by atoms with Gasteiger partial charge in [-0.15, -0.1) is 0 Å². The molecule has 0 saturated carbocycles. The van der Waals surface area contributed by atoms with E-state index in [1.54, 1.807) is 20.7 Å². The highest BCUT2D eigenvalue weighted by Crippen LogP contribution is 2.27. The lowest BCUT2D eigenvalue weighted by molar-refractivity contribution is 0.0497. The molecule has 2 aromatic heterocycles. The van der Waals surface area contributed by atoms with Crippen molar-refractivity contribution in [3.63, 3.8) is 0 Å². The van der Waals surface area contributed by atoms with Gasteiger partial charge in [0.1, 0.15) is 0 Å². The molecule has 9 nitrogen and oxygen atoms in total. The monoisotopic (exact) mass is 365 g/mol. The molecule has 3 amide bonds. The van der Waals surface area contributed by atoms with E-state index >= 15 is 0 Å². The molecule has 4 heterocycles. The molecular weight excluding hydrogens is 346 g/mol. The Morgan fingerprint density at radius 2 is 2.07 bits per heavy atom. The third kappa shape index (κ3) is 2.46. The number of anilines is 1. The summed E-state index contributed by atoms with van der Waals surface area (Å²) in [4.78, 5) is 28.1. The third-order valence-corrected chi connectivity index (χ3v) is 5.24. The quantitative estimate of drug-likeness (QED) is 0.750. The highest BCUT2D eigenvalue weighted by atomic mass is 16.2. The molecule has 27 heavy (non-hydrogen) atoms. The Kier molecular flexibility index (Phi) is 3.43. The van der Waals surface area contributed by atoms with Crippen LogP contribution in [0.2, 0.25) is 0 Å². The number of aromatic nitrogens is 4. The summed E-state index contributed by atoms with van der Waals surface area (Å²) < 4.78 is 3.57. The molecule has 0 bridgehead atoms. The first-order valence-electron chi connectivity index (χ1n) is 8.92. The second-order valence-electron chi connectivity index (χ2n) is 6.92. The Bertz CT molecular complexity index is 1050. The van der Waals surface area contributed by atoms with Crippen molar-refractivity contribution in [2.45, 2.75) is 6.04 Å². The molecule has 0 unspecified atom stereocenters. The SMILES string of the molecule is Cn1nc(C(=O)N2CC(n3cc(N4CCNC4=O)cn3)C2)c2ccccc21. The van der Waals surface area contributed by atoms with Crippen molar-refractivity contribution in [3.8, 4) is 0 Å². The molecule has 1 N–H and O–H groups in total. The first-order chi connectivity index (χ1) is 13.1. The van der Waals surface area contributed by atoms with Crippen molar-refractivity contribution in [1.29, 1.82) is 0 Å². The average molecular weight is 365 g/mol. The van der Waals surface area contributed by atoms with Crippen molar-refractivity contribution >= 4 is 28.5 Å². The number of carbonyl (C=O) groups is 2. The highest BCUT2D eigenvalue weighted by molar-refractivity contribution is 6.05. The molecule has 2 saturated heterocycles. The molecule has 2 aliphatic heterocycles. The summed E-state index contributed by atoms with van der Waals surface area (Å²) in [7, 11) is 1.85. The predicted octanol–water partition coefficient (Wildman–Crippen LogP) is 0.997. The van der Waals surface area contributed by atoms with E-state index in [2.05, 4.69) is 15.5 Å². The maximum Gasteiger partial charge on any atom is 0.322 e. The number of hydrogen-bond donors (Lipinski definition) is 1. The van der Waals surface area contributed by atoms with Gasteiger partial charge in [-0.3, -0.25) is 19.1 Å². The number of hydrogen-bond acceptors (Lipinski definition) is 4. The number of urea groups is 1. The second kappa shape index (κ2) is 5.83. The maximum atomic E-state index is 12.8. The van der Waals surface area contributed by atoms with Gasteiger partial charge in [0.2, 0.25) is 0 Å². The van der Waals surface area contributed by atoms with Crippen LogP contribution < -0.4 is 10.2 Å². The van der Waals surface area contributed by atoms with Crippen LogP contribution in [0.3, 0.4) is 0 Å². The van der Waals surface area contributed by atoms with E-state index in [9.17, 15) is 9.59 Å². The zero-order valence-corrected chi connectivity index (χ0v) is 14.9. The Balaban J connectivity index is 1.30. The van der Waals surface area contributed by atoms with Gasteiger partial charge < -0.3 is 10.2 Å². The molecule has 2 fully saturated rings. The van der Waals surface area contributed by atoms with Crippen LogP contribution in [0.4, 0.5) is 10.5 Å². The second-order valence-corrected chi connectivity index (χ2v) is 6.92. The van der Waals surface area contributed by atoms with E-state index in [0.29, 0.717) is 31.9 Å². The molecule has 2 aliphatic rings. The summed E-state index contributed by atoms with van der Waals surface area (Å²) in [6, 6.07) is 7.75. The molecule has 0 spiro atoms. The highest BCUT2D eigenvalue weighted by Gasteiger charge is 2.35. The smallest absolute Gasteiger partial charge is 0.322 e. The fraction of sp³-hybridized carbons (Fsp3) is 0.333. The standard InChI is InChI=1S/C18H19N7O2/c1-22-15-5-3-2-4-14(15)16(21-22)17(26)23-9-13(10-23)25-11-12(8-20-25)24-7-6-19-18(24)27/h2-5,8,11,13H,6-7,9-10H2,1H3,(H,19,27). The lowest BCUT2D eigenvalue weighted by Crippen LogP contribution is -2.51. The van der Waals surface area contributed by atoms with Crippen LogP contribution in [0.15, 0.2) is 36.7 Å². The number of amides is 3. The topological polar surface area (TPSA) is 88.3 Å². The lowest BCUT2D eigenvalue weighted by Gasteiger charge is -2.38. The van der Waals surface area contributed by atoms with Crippen molar-refractivity contribution in [2.24, 2.45) is 7.05 Å². The minimum atomic E-state index is -0.0954. The molecule has 1 aromatic carbocycles. The van der Waals surface area contributed by atoms with Gasteiger partial charge in [0.05, 0.1) is 23.4 Å². The number of aryl methyl sites for hydroxylation is 1. The Hall–Kier alpha value is -3.36. The number of carbonyl (C=O) groups excluding carboxylic acids is 2. The van der Waals surface area contributed by atoms with Crippen LogP contribution in [-0.4, -0.2) is 62.6 Å². The summed E-state index contributed by atoms with van der Waals surface area (Å²) in [5.41, 5.74) is 2.21. The largest absolute Gasteiger partial charge is 0.336 e. The van der Waals surface area contributed by atoms with Crippen LogP contribution >= 0.6 is 0 Å². The summed E-state index contributed by atoms with van der Waals surface area (Å²) in [5.74, 6) is -0.0608. The lowest BCUT2D eigenvalue weighted by atomic mass is 10.1. The molecule has 0 aliphatic carbocycles. The number of likely N-dealkylation sites (tertiary alicyclic amines) is 1. The zero-order chi connectivity index (χ0) is 18.5. The van der Waals surface area contributed by atoms with Gasteiger partial charge in [0.15, 0.2) is 5.69 Å². The normalized spacial score (nSPS) is 17.4. The molecule has 5 rings (SSSR count). The van der Waals surface area contributed by atoms with E-state index in [1.165, 1.54) is 0 Å². The summed E-state index contributed by atoms with van der Waals surface area (Å²) in [5, 5.41) is 12.4. The van der Waals surface area contributed by atoms with Gasteiger partial charge in [-0.1, -0.05) is 18.2 Å². The fourth-order valence-corrected chi connectivity index (χ4v) is 3.70. The van der Waals surface area contributed by atoms with Crippen molar-refractivity contribution in [1.82, 2.24) is 29.8 Å². The fourth-order valence-electron chi connectivity index (χ4n) is 3.70. The van der Waals surface area contributed by atoms with Gasteiger partial charge in [-0.05, 0) is 6.07 Å². The van der Waals surface area contributed by atoms with E-state index in [-0.39, 0.29) is 18.0 Å². The van der Waals surface area contributed by atoms with Crippen LogP contribution in [-0.2, 0) is 7.05 Å². The van der Waals surface area contributed by atoms with Gasteiger partial charge in [-0.25, -0.2) is 4.79 Å². The zero-order valence-electron chi connectivity index (χ0n) is 14.9. The number of rotatable bonds is 3. The molecule has 9 heteroatoms. The van der Waals surface area contributed by atoms with E-state index in [1.807, 2.05) is 42.2 Å². The minimum absolute atomic E-state index is 0.0608. The van der Waals surface area contributed by atoms with Crippen LogP contribution in [0.5, 0.6) is 0 Å². The van der Waals surface area contributed by atoms with Gasteiger partial charge in [0.25, 0.3) is 5.91 Å². The van der Waals surface area contributed by atoms with E-state index in [0.717, 1.165) is 16.6 Å². The summed E-state index contributed by atoms with van der Waals surface area (Å²) in [6.07, 6.45) is 3.56. The van der Waals surface area contributed by atoms with Gasteiger partial charge in [0, 0.05) is 44.8 Å². The molecule has 3 aromatic rings. The summed E-state index contributed by atoms with van der Waals surface area (Å²) >= 11 is 0. The molecule has 0 radical (unpaired) electrons. The van der Waals surface area contributed by atoms with Crippen molar-refractivity contribution in [2.75, 3.05) is 31.1 Å². The van der Waals surface area contributed by atoms with Crippen LogP contribution in [0, 0.1) is 0 Å². The average Bonchev–Trinajstić information content (AvgIpc) is 3.33. The first kappa shape index (κ1) is 15.9. The number of benzene rings is 1. The van der Waals surface area contributed by atoms with Gasteiger partial charge in [-0.2, -0.15) is 10.2 Å². The Morgan fingerprint density at radius 3 is 2.85 bits per heavy atom. The Morgan fingerprint density at radius 1 is 1.26 bits per heavy atom. The summed E-state index contributed by atoms with van der Waals surface area (Å²) in [6.45, 7) is 2.45. The third-order valence-electron chi connectivity index (χ3n) is 5.24. The molecule has 0 atom stereocenters. The maximum absolute atomic E-state index is 12.8. The molecular formula is C18H19N7O2. The first-order valence-corrected chi connectivity index (χ1v) is 8.92. The van der Waals surface area contributed by atoms with Crippen LogP contribution in [0.1, 0.15) is 16.5 Å². The minimum Gasteiger partial charge on any atom is -0.336 e. The number of para-hydroxylation sites is 1. The Labute approximate surface area is 155 Å². The van der Waals surface area contributed by atoms with Gasteiger partial charge >= 0.3 is 6.03 Å². The van der Waals surface area contributed by atoms with Crippen LogP contribution in [0.25, 0.3) is 10.9 Å². The van der Waals surface area contributed by atoms with E-state index in [4.69, 9.17) is 0 Å². The van der Waals surface area contributed by atoms with Crippen molar-refractivity contribution in [3.05, 3.63) is 42.4 Å². The predicted molar refractivity (Wildman–Crippen MR) is 98.6 cm³/mol. The number of nitrogens with one attached hydrogen (secondary N) is 1. The number of nitrogens with zero attached hydrogens (tertiary/aromatic N) is 6. The van der Waals surface area contributed by atoms with Crippen molar-refractivity contribution < 1.29 is 9.59 Å².